The summed E-state index contributed by atoms with van der Waals surface area (Å²) in [4.78, 5) is 28.8. The number of aromatic nitrogens is 1. The van der Waals surface area contributed by atoms with E-state index in [0.29, 0.717) is 27.7 Å². The number of aryl methyl sites for hydroxylation is 2. The fourth-order valence-electron chi connectivity index (χ4n) is 2.32. The largest absolute Gasteiger partial charge is 0.495 e. The van der Waals surface area contributed by atoms with Crippen LogP contribution in [0.4, 0.5) is 5.69 Å². The fourth-order valence-corrected chi connectivity index (χ4v) is 2.85. The molecule has 2 rings (SSSR count). The molecule has 1 atom stereocenters. The van der Waals surface area contributed by atoms with E-state index in [1.54, 1.807) is 32.0 Å². The SMILES string of the molecule is COc1ccc(Cl)cc1NC(=O)[C@H](C)OC(=O)c1c(C)cc(C)nc1Cl. The third-order valence-electron chi connectivity index (χ3n) is 3.58. The van der Waals surface area contributed by atoms with Gasteiger partial charge in [-0.25, -0.2) is 9.78 Å². The highest BCUT2D eigenvalue weighted by atomic mass is 35.5. The third kappa shape index (κ3) is 4.65. The van der Waals surface area contributed by atoms with Crippen molar-refractivity contribution in [2.45, 2.75) is 26.9 Å². The highest BCUT2D eigenvalue weighted by Crippen LogP contribution is 2.28. The number of anilines is 1. The number of rotatable bonds is 5. The fraction of sp³-hybridized carbons (Fsp3) is 0.278. The monoisotopic (exact) mass is 396 g/mol. The molecule has 8 heteroatoms. The van der Waals surface area contributed by atoms with Gasteiger partial charge in [-0.1, -0.05) is 23.2 Å². The lowest BCUT2D eigenvalue weighted by Gasteiger charge is -2.16. The summed E-state index contributed by atoms with van der Waals surface area (Å²) in [5, 5.41) is 3.09. The van der Waals surface area contributed by atoms with Gasteiger partial charge in [0.15, 0.2) is 6.10 Å². The van der Waals surface area contributed by atoms with Crippen LogP contribution in [0.3, 0.4) is 0 Å². The van der Waals surface area contributed by atoms with E-state index in [4.69, 9.17) is 32.7 Å². The Bertz CT molecular complexity index is 832. The second-order valence-corrected chi connectivity index (χ2v) is 6.42. The first-order chi connectivity index (χ1) is 12.2. The number of benzene rings is 1. The zero-order valence-corrected chi connectivity index (χ0v) is 16.2. The molecule has 26 heavy (non-hydrogen) atoms. The molecule has 1 amide bonds. The van der Waals surface area contributed by atoms with Gasteiger partial charge in [-0.3, -0.25) is 4.79 Å². The number of carbonyl (C=O) groups excluding carboxylic acids is 2. The number of nitrogens with zero attached hydrogens (tertiary/aromatic N) is 1. The molecule has 0 saturated carbocycles. The summed E-state index contributed by atoms with van der Waals surface area (Å²) >= 11 is 12.0. The number of nitrogens with one attached hydrogen (secondary N) is 1. The summed E-state index contributed by atoms with van der Waals surface area (Å²) < 4.78 is 10.4. The smallest absolute Gasteiger partial charge is 0.342 e. The molecule has 0 spiro atoms. The maximum atomic E-state index is 12.4. The van der Waals surface area contributed by atoms with Crippen LogP contribution in [0.2, 0.25) is 10.2 Å². The number of methoxy groups -OCH3 is 1. The number of hydrogen-bond donors (Lipinski definition) is 1. The normalized spacial score (nSPS) is 11.6. The van der Waals surface area contributed by atoms with Gasteiger partial charge in [-0.05, 0) is 50.6 Å². The van der Waals surface area contributed by atoms with Gasteiger partial charge in [0, 0.05) is 10.7 Å². The van der Waals surface area contributed by atoms with E-state index >= 15 is 0 Å². The molecule has 1 aromatic carbocycles. The van der Waals surface area contributed by atoms with Gasteiger partial charge >= 0.3 is 5.97 Å². The predicted molar refractivity (Wildman–Crippen MR) is 100 cm³/mol. The maximum Gasteiger partial charge on any atom is 0.342 e. The predicted octanol–water partition coefficient (Wildman–Crippen LogP) is 4.20. The van der Waals surface area contributed by atoms with Gasteiger partial charge in [0.05, 0.1) is 18.4 Å². The Morgan fingerprint density at radius 3 is 2.50 bits per heavy atom. The van der Waals surface area contributed by atoms with Gasteiger partial charge in [-0.15, -0.1) is 0 Å². The van der Waals surface area contributed by atoms with Crippen LogP contribution in [0.1, 0.15) is 28.5 Å². The number of hydrogen-bond acceptors (Lipinski definition) is 5. The average Bonchev–Trinajstić information content (AvgIpc) is 2.53. The Balaban J connectivity index is 2.13. The first kappa shape index (κ1) is 20.0. The van der Waals surface area contributed by atoms with Crippen LogP contribution in [0.15, 0.2) is 24.3 Å². The van der Waals surface area contributed by atoms with Gasteiger partial charge in [0.2, 0.25) is 0 Å². The van der Waals surface area contributed by atoms with Crippen molar-refractivity contribution in [2.75, 3.05) is 12.4 Å². The average molecular weight is 397 g/mol. The van der Waals surface area contributed by atoms with Crippen molar-refractivity contribution in [1.82, 2.24) is 4.98 Å². The molecule has 0 aliphatic rings. The van der Waals surface area contributed by atoms with Gasteiger partial charge in [0.1, 0.15) is 10.9 Å². The van der Waals surface area contributed by atoms with E-state index in [2.05, 4.69) is 10.3 Å². The molecule has 0 aliphatic heterocycles. The van der Waals surface area contributed by atoms with E-state index < -0.39 is 18.0 Å². The number of amides is 1. The van der Waals surface area contributed by atoms with Crippen molar-refractivity contribution in [3.8, 4) is 5.75 Å². The van der Waals surface area contributed by atoms with Crippen LogP contribution >= 0.6 is 23.2 Å². The maximum absolute atomic E-state index is 12.4. The molecule has 0 bridgehead atoms. The molecule has 6 nitrogen and oxygen atoms in total. The van der Waals surface area contributed by atoms with Crippen LogP contribution < -0.4 is 10.1 Å². The minimum atomic E-state index is -1.07. The quantitative estimate of drug-likeness (QED) is 0.605. The van der Waals surface area contributed by atoms with Crippen LogP contribution in [0.5, 0.6) is 5.75 Å². The number of pyridine rings is 1. The van der Waals surface area contributed by atoms with E-state index in [0.717, 1.165) is 0 Å². The molecule has 0 radical (unpaired) electrons. The second-order valence-electron chi connectivity index (χ2n) is 5.63. The Morgan fingerprint density at radius 1 is 1.19 bits per heavy atom. The summed E-state index contributed by atoms with van der Waals surface area (Å²) in [5.74, 6) is -0.823. The lowest BCUT2D eigenvalue weighted by atomic mass is 10.1. The zero-order chi connectivity index (χ0) is 19.4. The molecule has 0 unspecified atom stereocenters. The highest BCUT2D eigenvalue weighted by molar-refractivity contribution is 6.32. The molecule has 1 N–H and O–H groups in total. The van der Waals surface area contributed by atoms with Crippen molar-refractivity contribution < 1.29 is 19.1 Å². The lowest BCUT2D eigenvalue weighted by molar-refractivity contribution is -0.123. The van der Waals surface area contributed by atoms with E-state index in [1.165, 1.54) is 20.1 Å². The first-order valence-corrected chi connectivity index (χ1v) is 8.47. The van der Waals surface area contributed by atoms with Crippen LogP contribution in [-0.4, -0.2) is 30.1 Å². The van der Waals surface area contributed by atoms with Gasteiger partial charge < -0.3 is 14.8 Å². The third-order valence-corrected chi connectivity index (χ3v) is 4.09. The molecule has 1 heterocycles. The molecule has 0 saturated heterocycles. The van der Waals surface area contributed by atoms with Crippen molar-refractivity contribution in [3.63, 3.8) is 0 Å². The molecule has 1 aromatic heterocycles. The zero-order valence-electron chi connectivity index (χ0n) is 14.7. The van der Waals surface area contributed by atoms with Crippen molar-refractivity contribution in [1.29, 1.82) is 0 Å². The Hall–Kier alpha value is -2.31. The molecule has 138 valence electrons. The van der Waals surface area contributed by atoms with Crippen LogP contribution in [0.25, 0.3) is 0 Å². The topological polar surface area (TPSA) is 77.5 Å². The minimum Gasteiger partial charge on any atom is -0.495 e. The molecular formula is C18H18Cl2N2O4. The summed E-state index contributed by atoms with van der Waals surface area (Å²) in [6.07, 6.45) is -1.07. The Morgan fingerprint density at radius 2 is 1.88 bits per heavy atom. The molecule has 0 aliphatic carbocycles. The highest BCUT2D eigenvalue weighted by Gasteiger charge is 2.23. The molecule has 0 fully saturated rings. The summed E-state index contributed by atoms with van der Waals surface area (Å²) in [7, 11) is 1.47. The van der Waals surface area contributed by atoms with Crippen LogP contribution in [0, 0.1) is 13.8 Å². The Kier molecular flexibility index (Phi) is 6.45. The standard InChI is InChI=1S/C18H18Cl2N2O4/c1-9-7-10(2)21-16(20)15(9)18(24)26-11(3)17(23)22-13-8-12(19)5-6-14(13)25-4/h5-8,11H,1-4H3,(H,22,23)/t11-/m0/s1. The summed E-state index contributed by atoms with van der Waals surface area (Å²) in [6, 6.07) is 6.51. The second kappa shape index (κ2) is 8.38. The van der Waals surface area contributed by atoms with Gasteiger partial charge in [-0.2, -0.15) is 0 Å². The summed E-state index contributed by atoms with van der Waals surface area (Å²) in [6.45, 7) is 4.94. The number of esters is 1. The van der Waals surface area contributed by atoms with Crippen molar-refractivity contribution in [3.05, 3.63) is 51.3 Å². The van der Waals surface area contributed by atoms with Crippen LogP contribution in [-0.2, 0) is 9.53 Å². The van der Waals surface area contributed by atoms with Gasteiger partial charge in [0.25, 0.3) is 5.91 Å². The van der Waals surface area contributed by atoms with E-state index in [1.807, 2.05) is 0 Å². The number of ether oxygens (including phenoxy) is 2. The van der Waals surface area contributed by atoms with E-state index in [-0.39, 0.29) is 10.7 Å². The summed E-state index contributed by atoms with van der Waals surface area (Å²) in [5.41, 5.74) is 1.82. The first-order valence-electron chi connectivity index (χ1n) is 7.72. The number of carbonyl (C=O) groups is 2. The molecule has 2 aromatic rings. The van der Waals surface area contributed by atoms with Crippen molar-refractivity contribution >= 4 is 40.8 Å². The number of halogens is 2. The van der Waals surface area contributed by atoms with E-state index in [9.17, 15) is 9.59 Å². The Labute approximate surface area is 161 Å². The van der Waals surface area contributed by atoms with Crippen molar-refractivity contribution in [2.24, 2.45) is 0 Å². The minimum absolute atomic E-state index is 0.0385. The molecular weight excluding hydrogens is 379 g/mol. The lowest BCUT2D eigenvalue weighted by Crippen LogP contribution is -2.30.